The summed E-state index contributed by atoms with van der Waals surface area (Å²) in [4.78, 5) is 3.92. The van der Waals surface area contributed by atoms with Gasteiger partial charge in [-0.05, 0) is 24.3 Å². The summed E-state index contributed by atoms with van der Waals surface area (Å²) in [6.45, 7) is 0. The monoisotopic (exact) mass is 193 g/mol. The van der Waals surface area contributed by atoms with Crippen molar-refractivity contribution < 1.29 is 0 Å². The van der Waals surface area contributed by atoms with Gasteiger partial charge in [-0.25, -0.2) is 4.98 Å². The molecule has 0 aliphatic carbocycles. The Labute approximate surface area is 80.8 Å². The van der Waals surface area contributed by atoms with E-state index in [0.29, 0.717) is 5.82 Å². The maximum Gasteiger partial charge on any atom is 0.141 e. The molecule has 0 amide bonds. The summed E-state index contributed by atoms with van der Waals surface area (Å²) in [7, 11) is 0. The average molecular weight is 194 g/mol. The number of hydrogen-bond acceptors (Lipinski definition) is 2. The van der Waals surface area contributed by atoms with E-state index in [4.69, 9.17) is 17.3 Å². The van der Waals surface area contributed by atoms with Gasteiger partial charge in [-0.3, -0.25) is 0 Å². The molecule has 0 atom stereocenters. The number of imidazole rings is 1. The number of aromatic nitrogens is 2. The Bertz CT molecular complexity index is 405. The SMILES string of the molecule is Nc1cn(-c2ccc(Cl)cc2)cn1. The van der Waals surface area contributed by atoms with Crippen molar-refractivity contribution in [2.75, 3.05) is 5.73 Å². The van der Waals surface area contributed by atoms with Gasteiger partial charge in [0.15, 0.2) is 0 Å². The van der Waals surface area contributed by atoms with Gasteiger partial charge in [-0.15, -0.1) is 0 Å². The van der Waals surface area contributed by atoms with Crippen molar-refractivity contribution in [3.63, 3.8) is 0 Å². The molecule has 0 fully saturated rings. The lowest BCUT2D eigenvalue weighted by atomic mass is 10.3. The van der Waals surface area contributed by atoms with Crippen LogP contribution in [0.2, 0.25) is 5.02 Å². The maximum atomic E-state index is 5.75. The van der Waals surface area contributed by atoms with Gasteiger partial charge in [0.05, 0.1) is 6.20 Å². The summed E-state index contributed by atoms with van der Waals surface area (Å²) in [5, 5.41) is 0.719. The number of halogens is 1. The Morgan fingerprint density at radius 1 is 1.23 bits per heavy atom. The molecule has 0 spiro atoms. The van der Waals surface area contributed by atoms with Crippen LogP contribution in [0.3, 0.4) is 0 Å². The molecule has 1 aromatic heterocycles. The lowest BCUT2D eigenvalue weighted by Crippen LogP contribution is -1.88. The highest BCUT2D eigenvalue weighted by Crippen LogP contribution is 2.13. The van der Waals surface area contributed by atoms with E-state index in [1.54, 1.807) is 12.5 Å². The van der Waals surface area contributed by atoms with Crippen LogP contribution in [-0.4, -0.2) is 9.55 Å². The molecule has 1 aromatic carbocycles. The number of rotatable bonds is 1. The van der Waals surface area contributed by atoms with Crippen LogP contribution >= 0.6 is 11.6 Å². The van der Waals surface area contributed by atoms with E-state index in [0.717, 1.165) is 10.7 Å². The largest absolute Gasteiger partial charge is 0.382 e. The molecule has 2 rings (SSSR count). The zero-order valence-electron chi connectivity index (χ0n) is 6.81. The first kappa shape index (κ1) is 8.13. The van der Waals surface area contributed by atoms with Crippen molar-refractivity contribution in [1.29, 1.82) is 0 Å². The molecule has 0 aliphatic heterocycles. The molecule has 0 saturated carbocycles. The molecule has 0 aliphatic rings. The van der Waals surface area contributed by atoms with Crippen molar-refractivity contribution in [2.45, 2.75) is 0 Å². The minimum absolute atomic E-state index is 0.509. The predicted molar refractivity (Wildman–Crippen MR) is 53.0 cm³/mol. The van der Waals surface area contributed by atoms with Crippen LogP contribution in [0.15, 0.2) is 36.8 Å². The average Bonchev–Trinajstić information content (AvgIpc) is 2.53. The molecule has 66 valence electrons. The molecule has 13 heavy (non-hydrogen) atoms. The normalized spacial score (nSPS) is 10.2. The predicted octanol–water partition coefficient (Wildman–Crippen LogP) is 2.11. The minimum Gasteiger partial charge on any atom is -0.382 e. The zero-order valence-corrected chi connectivity index (χ0v) is 7.57. The standard InChI is InChI=1S/C9H8ClN3/c10-7-1-3-8(4-2-7)13-5-9(11)12-6-13/h1-6H,11H2. The van der Waals surface area contributed by atoms with Crippen molar-refractivity contribution >= 4 is 17.4 Å². The number of nitrogens with zero attached hydrogens (tertiary/aromatic N) is 2. The van der Waals surface area contributed by atoms with E-state index in [-0.39, 0.29) is 0 Å². The molecule has 2 N–H and O–H groups in total. The smallest absolute Gasteiger partial charge is 0.141 e. The lowest BCUT2D eigenvalue weighted by molar-refractivity contribution is 1.06. The van der Waals surface area contributed by atoms with Crippen LogP contribution in [0, 0.1) is 0 Å². The summed E-state index contributed by atoms with van der Waals surface area (Å²) < 4.78 is 1.84. The summed E-state index contributed by atoms with van der Waals surface area (Å²) in [6, 6.07) is 7.47. The first-order chi connectivity index (χ1) is 6.25. The Balaban J connectivity index is 2.41. The minimum atomic E-state index is 0.509. The van der Waals surface area contributed by atoms with Gasteiger partial charge in [-0.1, -0.05) is 11.6 Å². The molecule has 3 nitrogen and oxygen atoms in total. The summed E-state index contributed by atoms with van der Waals surface area (Å²) in [5.74, 6) is 0.509. The van der Waals surface area contributed by atoms with Crippen molar-refractivity contribution in [1.82, 2.24) is 9.55 Å². The van der Waals surface area contributed by atoms with Gasteiger partial charge in [0.2, 0.25) is 0 Å². The maximum absolute atomic E-state index is 5.75. The third-order valence-electron chi connectivity index (χ3n) is 1.73. The van der Waals surface area contributed by atoms with Crippen molar-refractivity contribution in [3.8, 4) is 5.69 Å². The lowest BCUT2D eigenvalue weighted by Gasteiger charge is -2.00. The van der Waals surface area contributed by atoms with Crippen LogP contribution in [0.25, 0.3) is 5.69 Å². The van der Waals surface area contributed by atoms with Crippen LogP contribution in [0.1, 0.15) is 0 Å². The van der Waals surface area contributed by atoms with Gasteiger partial charge in [0, 0.05) is 10.7 Å². The molecule has 0 bridgehead atoms. The van der Waals surface area contributed by atoms with E-state index < -0.39 is 0 Å². The van der Waals surface area contributed by atoms with Gasteiger partial charge in [-0.2, -0.15) is 0 Å². The van der Waals surface area contributed by atoms with Gasteiger partial charge >= 0.3 is 0 Å². The number of anilines is 1. The van der Waals surface area contributed by atoms with Gasteiger partial charge in [0.1, 0.15) is 12.1 Å². The second-order valence-corrected chi connectivity index (χ2v) is 3.12. The molecule has 1 heterocycles. The summed E-state index contributed by atoms with van der Waals surface area (Å²) in [6.07, 6.45) is 3.42. The van der Waals surface area contributed by atoms with Crippen LogP contribution in [0.4, 0.5) is 5.82 Å². The molecule has 2 aromatic rings. The molecule has 0 saturated heterocycles. The Morgan fingerprint density at radius 3 is 2.46 bits per heavy atom. The Morgan fingerprint density at radius 2 is 1.92 bits per heavy atom. The highest BCUT2D eigenvalue weighted by Gasteiger charge is 1.96. The van der Waals surface area contributed by atoms with E-state index in [9.17, 15) is 0 Å². The quantitative estimate of drug-likeness (QED) is 0.754. The third-order valence-corrected chi connectivity index (χ3v) is 1.98. The van der Waals surface area contributed by atoms with Gasteiger partial charge < -0.3 is 10.3 Å². The topological polar surface area (TPSA) is 43.8 Å². The fourth-order valence-electron chi connectivity index (χ4n) is 1.09. The summed E-state index contributed by atoms with van der Waals surface area (Å²) in [5.41, 5.74) is 6.48. The van der Waals surface area contributed by atoms with Gasteiger partial charge in [0.25, 0.3) is 0 Å². The fourth-order valence-corrected chi connectivity index (χ4v) is 1.22. The molecule has 0 unspecified atom stereocenters. The second-order valence-electron chi connectivity index (χ2n) is 2.68. The molecule has 0 radical (unpaired) electrons. The van der Waals surface area contributed by atoms with E-state index >= 15 is 0 Å². The molecule has 4 heteroatoms. The Kier molecular flexibility index (Phi) is 1.94. The first-order valence-corrected chi connectivity index (χ1v) is 4.19. The van der Waals surface area contributed by atoms with E-state index in [1.165, 1.54) is 0 Å². The van der Waals surface area contributed by atoms with Crippen molar-refractivity contribution in [2.24, 2.45) is 0 Å². The highest BCUT2D eigenvalue weighted by atomic mass is 35.5. The first-order valence-electron chi connectivity index (χ1n) is 3.81. The fraction of sp³-hybridized carbons (Fsp3) is 0. The van der Waals surface area contributed by atoms with Crippen LogP contribution in [-0.2, 0) is 0 Å². The molecular formula is C9H8ClN3. The Hall–Kier alpha value is -1.48. The number of nitrogens with two attached hydrogens (primary N) is 1. The van der Waals surface area contributed by atoms with E-state index in [1.807, 2.05) is 28.8 Å². The van der Waals surface area contributed by atoms with Crippen LogP contribution in [0.5, 0.6) is 0 Å². The summed E-state index contributed by atoms with van der Waals surface area (Å²) >= 11 is 5.75. The van der Waals surface area contributed by atoms with Crippen LogP contribution < -0.4 is 5.73 Å². The highest BCUT2D eigenvalue weighted by molar-refractivity contribution is 6.30. The number of benzene rings is 1. The number of hydrogen-bond donors (Lipinski definition) is 1. The second kappa shape index (κ2) is 3.11. The van der Waals surface area contributed by atoms with E-state index in [2.05, 4.69) is 4.98 Å². The zero-order chi connectivity index (χ0) is 9.26. The van der Waals surface area contributed by atoms with Crippen molar-refractivity contribution in [3.05, 3.63) is 41.8 Å². The molecular weight excluding hydrogens is 186 g/mol. The third kappa shape index (κ3) is 1.65. The number of nitrogen functional groups attached to an aromatic ring is 1.